The minimum absolute atomic E-state index is 0.0518. The minimum atomic E-state index is -0.0956. The number of pyridine rings is 1. The second-order valence-electron chi connectivity index (χ2n) is 5.38. The lowest BCUT2D eigenvalue weighted by Gasteiger charge is -2.11. The first-order chi connectivity index (χ1) is 11.3. The Kier molecular flexibility index (Phi) is 4.69. The molecule has 3 rings (SSSR count). The van der Waals surface area contributed by atoms with E-state index in [2.05, 4.69) is 18.3 Å². The first kappa shape index (κ1) is 15.3. The van der Waals surface area contributed by atoms with Crippen molar-refractivity contribution in [1.82, 2.24) is 0 Å². The van der Waals surface area contributed by atoms with E-state index in [1.807, 2.05) is 65.4 Å². The van der Waals surface area contributed by atoms with Crippen LogP contribution in [0.2, 0.25) is 0 Å². The number of aliphatic hydroxyl groups excluding tert-OH is 1. The van der Waals surface area contributed by atoms with Crippen LogP contribution < -0.4 is 9.30 Å². The first-order valence-electron chi connectivity index (χ1n) is 7.63. The molecule has 3 nitrogen and oxygen atoms in total. The lowest BCUT2D eigenvalue weighted by atomic mass is 10.1. The largest absolute Gasteiger partial charge is 0.497 e. The lowest BCUT2D eigenvalue weighted by Crippen LogP contribution is -2.41. The highest BCUT2D eigenvalue weighted by molar-refractivity contribution is 5.63. The molecule has 0 saturated heterocycles. The quantitative estimate of drug-likeness (QED) is 0.734. The summed E-state index contributed by atoms with van der Waals surface area (Å²) in [6.07, 6.45) is 4.04. The zero-order valence-corrected chi connectivity index (χ0v) is 13.1. The van der Waals surface area contributed by atoms with Gasteiger partial charge in [0.1, 0.15) is 12.4 Å². The lowest BCUT2D eigenvalue weighted by molar-refractivity contribution is -0.714. The molecule has 0 unspecified atom stereocenters. The summed E-state index contributed by atoms with van der Waals surface area (Å²) in [5.74, 6) is 0.833. The van der Waals surface area contributed by atoms with E-state index < -0.39 is 0 Å². The van der Waals surface area contributed by atoms with Gasteiger partial charge in [0.2, 0.25) is 6.04 Å². The van der Waals surface area contributed by atoms with Gasteiger partial charge in [0.05, 0.1) is 7.11 Å². The molecule has 1 N–H and O–H groups in total. The van der Waals surface area contributed by atoms with Gasteiger partial charge in [-0.3, -0.25) is 0 Å². The third-order valence-corrected chi connectivity index (χ3v) is 3.94. The van der Waals surface area contributed by atoms with E-state index in [9.17, 15) is 5.11 Å². The minimum Gasteiger partial charge on any atom is -0.497 e. The van der Waals surface area contributed by atoms with Crippen LogP contribution in [0.1, 0.15) is 11.6 Å². The van der Waals surface area contributed by atoms with E-state index in [4.69, 9.17) is 4.74 Å². The SMILES string of the molecule is COc1cccc(-c2ccc[n+]([C@@H](CO)c3ccccc3)c2)c1. The van der Waals surface area contributed by atoms with Crippen LogP contribution in [0, 0.1) is 0 Å². The van der Waals surface area contributed by atoms with Gasteiger partial charge >= 0.3 is 0 Å². The Bertz CT molecular complexity index is 771. The number of nitrogens with zero attached hydrogens (tertiary/aromatic N) is 1. The molecule has 0 aliphatic heterocycles. The number of methoxy groups -OCH3 is 1. The summed E-state index contributed by atoms with van der Waals surface area (Å²) in [5.41, 5.74) is 3.26. The average Bonchev–Trinajstić information content (AvgIpc) is 2.64. The van der Waals surface area contributed by atoms with Crippen LogP contribution in [0.4, 0.5) is 0 Å². The topological polar surface area (TPSA) is 33.3 Å². The highest BCUT2D eigenvalue weighted by Gasteiger charge is 2.20. The van der Waals surface area contributed by atoms with Crippen molar-refractivity contribution in [3.8, 4) is 16.9 Å². The predicted octanol–water partition coefficient (Wildman–Crippen LogP) is 3.23. The maximum Gasteiger partial charge on any atom is 0.206 e. The molecule has 23 heavy (non-hydrogen) atoms. The normalized spacial score (nSPS) is 11.9. The molecule has 0 bridgehead atoms. The monoisotopic (exact) mass is 306 g/mol. The van der Waals surface area contributed by atoms with Crippen LogP contribution >= 0.6 is 0 Å². The summed E-state index contributed by atoms with van der Waals surface area (Å²) in [5, 5.41) is 9.84. The van der Waals surface area contributed by atoms with Crippen LogP contribution in [0.15, 0.2) is 79.1 Å². The number of hydrogen-bond donors (Lipinski definition) is 1. The maximum absolute atomic E-state index is 9.84. The summed E-state index contributed by atoms with van der Waals surface area (Å²) >= 11 is 0. The van der Waals surface area contributed by atoms with Crippen molar-refractivity contribution in [1.29, 1.82) is 0 Å². The molecule has 0 fully saturated rings. The molecule has 3 aromatic rings. The Labute approximate surface area is 136 Å². The Balaban J connectivity index is 1.98. The summed E-state index contributed by atoms with van der Waals surface area (Å²) in [6.45, 7) is 0.0518. The van der Waals surface area contributed by atoms with Gasteiger partial charge in [-0.2, -0.15) is 4.57 Å². The Morgan fingerprint density at radius 3 is 2.48 bits per heavy atom. The number of aromatic nitrogens is 1. The van der Waals surface area contributed by atoms with Gasteiger partial charge in [0.25, 0.3) is 0 Å². The zero-order chi connectivity index (χ0) is 16.1. The van der Waals surface area contributed by atoms with E-state index >= 15 is 0 Å². The zero-order valence-electron chi connectivity index (χ0n) is 13.1. The van der Waals surface area contributed by atoms with Crippen molar-refractivity contribution in [3.05, 3.63) is 84.7 Å². The fourth-order valence-electron chi connectivity index (χ4n) is 2.71. The summed E-state index contributed by atoms with van der Waals surface area (Å²) in [7, 11) is 1.67. The Morgan fingerprint density at radius 1 is 0.957 bits per heavy atom. The van der Waals surface area contributed by atoms with Crippen LogP contribution in [0.5, 0.6) is 5.75 Å². The molecule has 3 heteroatoms. The number of hydrogen-bond acceptors (Lipinski definition) is 2. The average molecular weight is 306 g/mol. The standard InChI is InChI=1S/C20H20NO2/c1-23-19-11-5-9-17(13-19)18-10-6-12-21(14-18)20(15-22)16-7-3-2-4-8-16/h2-14,20,22H,15H2,1H3/q+1/t20-/m0/s1. The summed E-state index contributed by atoms with van der Waals surface area (Å²) in [6, 6.07) is 22.0. The number of aliphatic hydroxyl groups is 1. The maximum atomic E-state index is 9.84. The first-order valence-corrected chi connectivity index (χ1v) is 7.63. The van der Waals surface area contributed by atoms with Crippen molar-refractivity contribution in [2.75, 3.05) is 13.7 Å². The van der Waals surface area contributed by atoms with Gasteiger partial charge in [-0.25, -0.2) is 0 Å². The van der Waals surface area contributed by atoms with Gasteiger partial charge in [0.15, 0.2) is 12.4 Å². The van der Waals surface area contributed by atoms with Gasteiger partial charge in [0, 0.05) is 17.2 Å². The second kappa shape index (κ2) is 7.07. The van der Waals surface area contributed by atoms with Crippen molar-refractivity contribution >= 4 is 0 Å². The fourth-order valence-corrected chi connectivity index (χ4v) is 2.71. The second-order valence-corrected chi connectivity index (χ2v) is 5.38. The Hall–Kier alpha value is -2.65. The van der Waals surface area contributed by atoms with E-state index in [1.165, 1.54) is 0 Å². The van der Waals surface area contributed by atoms with E-state index in [0.717, 1.165) is 22.4 Å². The Morgan fingerprint density at radius 2 is 1.74 bits per heavy atom. The molecule has 1 heterocycles. The van der Waals surface area contributed by atoms with E-state index in [-0.39, 0.29) is 12.6 Å². The van der Waals surface area contributed by atoms with E-state index in [0.29, 0.717) is 0 Å². The van der Waals surface area contributed by atoms with Gasteiger partial charge < -0.3 is 9.84 Å². The molecule has 0 amide bonds. The van der Waals surface area contributed by atoms with Crippen LogP contribution in [0.25, 0.3) is 11.1 Å². The number of rotatable bonds is 5. The molecule has 0 saturated carbocycles. The number of benzene rings is 2. The predicted molar refractivity (Wildman–Crippen MR) is 90.3 cm³/mol. The molecule has 1 atom stereocenters. The molecule has 0 aliphatic carbocycles. The van der Waals surface area contributed by atoms with E-state index in [1.54, 1.807) is 7.11 Å². The number of ether oxygens (including phenoxy) is 1. The van der Waals surface area contributed by atoms with Gasteiger partial charge in [-0.15, -0.1) is 0 Å². The van der Waals surface area contributed by atoms with Crippen molar-refractivity contribution < 1.29 is 14.4 Å². The highest BCUT2D eigenvalue weighted by Crippen LogP contribution is 2.23. The molecule has 0 spiro atoms. The van der Waals surface area contributed by atoms with Gasteiger partial charge in [-0.1, -0.05) is 42.5 Å². The smallest absolute Gasteiger partial charge is 0.206 e. The molecule has 2 aromatic carbocycles. The molecule has 116 valence electrons. The molecule has 1 aromatic heterocycles. The molecular formula is C20H20NO2+. The van der Waals surface area contributed by atoms with Crippen molar-refractivity contribution in [3.63, 3.8) is 0 Å². The molecular weight excluding hydrogens is 286 g/mol. The van der Waals surface area contributed by atoms with Crippen molar-refractivity contribution in [2.45, 2.75) is 6.04 Å². The fraction of sp³-hybridized carbons (Fsp3) is 0.150. The van der Waals surface area contributed by atoms with Crippen LogP contribution in [0.3, 0.4) is 0 Å². The highest BCUT2D eigenvalue weighted by atomic mass is 16.5. The molecule has 0 aliphatic rings. The van der Waals surface area contributed by atoms with Crippen LogP contribution in [-0.4, -0.2) is 18.8 Å². The van der Waals surface area contributed by atoms with Crippen molar-refractivity contribution in [2.24, 2.45) is 0 Å². The van der Waals surface area contributed by atoms with Crippen LogP contribution in [-0.2, 0) is 0 Å². The van der Waals surface area contributed by atoms with Gasteiger partial charge in [-0.05, 0) is 23.8 Å². The summed E-state index contributed by atoms with van der Waals surface area (Å²) < 4.78 is 7.34. The third kappa shape index (κ3) is 3.41. The molecule has 0 radical (unpaired) electrons. The third-order valence-electron chi connectivity index (χ3n) is 3.94. The summed E-state index contributed by atoms with van der Waals surface area (Å²) in [4.78, 5) is 0.